The number of nitriles is 1. The lowest BCUT2D eigenvalue weighted by atomic mass is 10.1. The Hall–Kier alpha value is -3.83. The van der Waals surface area contributed by atoms with Crippen LogP contribution >= 0.6 is 15.9 Å². The highest BCUT2D eigenvalue weighted by Gasteiger charge is 2.14. The van der Waals surface area contributed by atoms with Crippen LogP contribution in [-0.2, 0) is 11.4 Å². The van der Waals surface area contributed by atoms with Crippen LogP contribution in [0.25, 0.3) is 6.08 Å². The van der Waals surface area contributed by atoms with Crippen LogP contribution in [0.4, 0.5) is 15.8 Å². The zero-order valence-electron chi connectivity index (χ0n) is 18.9. The van der Waals surface area contributed by atoms with Gasteiger partial charge in [-0.25, -0.2) is 4.39 Å². The third-order valence-electron chi connectivity index (χ3n) is 4.87. The van der Waals surface area contributed by atoms with Crippen LogP contribution in [0.1, 0.15) is 11.1 Å². The van der Waals surface area contributed by atoms with Crippen molar-refractivity contribution in [1.82, 2.24) is 0 Å². The maximum Gasteiger partial charge on any atom is 0.266 e. The van der Waals surface area contributed by atoms with E-state index in [4.69, 9.17) is 9.47 Å². The van der Waals surface area contributed by atoms with E-state index in [-0.39, 0.29) is 18.0 Å². The number of carbonyl (C=O) groups is 1. The fraction of sp³-hybridized carbons (Fsp3) is 0.154. The van der Waals surface area contributed by atoms with Gasteiger partial charge in [-0.2, -0.15) is 5.26 Å². The first-order valence-electron chi connectivity index (χ1n) is 10.3. The Morgan fingerprint density at radius 2 is 1.82 bits per heavy atom. The summed E-state index contributed by atoms with van der Waals surface area (Å²) in [5, 5.41) is 12.3. The number of benzene rings is 3. The molecule has 1 N–H and O–H groups in total. The maximum absolute atomic E-state index is 13.1. The van der Waals surface area contributed by atoms with Gasteiger partial charge in [0.2, 0.25) is 0 Å². The predicted octanol–water partition coefficient (Wildman–Crippen LogP) is 5.79. The van der Waals surface area contributed by atoms with Crippen molar-refractivity contribution in [3.8, 4) is 17.6 Å². The van der Waals surface area contributed by atoms with Crippen molar-refractivity contribution < 1.29 is 18.7 Å². The smallest absolute Gasteiger partial charge is 0.266 e. The molecular formula is C26H23BrFN3O3. The third kappa shape index (κ3) is 6.36. The first kappa shape index (κ1) is 24.8. The van der Waals surface area contributed by atoms with Crippen molar-refractivity contribution in [2.45, 2.75) is 6.61 Å². The van der Waals surface area contributed by atoms with Crippen LogP contribution < -0.4 is 19.7 Å². The minimum Gasteiger partial charge on any atom is -0.493 e. The van der Waals surface area contributed by atoms with Gasteiger partial charge in [0.05, 0.1) is 11.6 Å². The number of hydrogen-bond acceptors (Lipinski definition) is 5. The molecule has 0 bridgehead atoms. The normalized spacial score (nSPS) is 10.9. The van der Waals surface area contributed by atoms with Gasteiger partial charge in [0.1, 0.15) is 24.1 Å². The minimum atomic E-state index is -0.521. The Balaban J connectivity index is 1.78. The molecule has 8 heteroatoms. The van der Waals surface area contributed by atoms with Crippen LogP contribution in [0.3, 0.4) is 0 Å². The number of nitrogens with one attached hydrogen (secondary N) is 1. The summed E-state index contributed by atoms with van der Waals surface area (Å²) in [5.74, 6) is 0.0287. The van der Waals surface area contributed by atoms with E-state index in [1.165, 1.54) is 25.3 Å². The molecular weight excluding hydrogens is 501 g/mol. The van der Waals surface area contributed by atoms with Gasteiger partial charge < -0.3 is 19.7 Å². The number of halogens is 2. The van der Waals surface area contributed by atoms with Crippen molar-refractivity contribution in [2.75, 3.05) is 31.4 Å². The van der Waals surface area contributed by atoms with Gasteiger partial charge in [-0.05, 0) is 81.7 Å². The topological polar surface area (TPSA) is 74.6 Å². The lowest BCUT2D eigenvalue weighted by molar-refractivity contribution is -0.112. The summed E-state index contributed by atoms with van der Waals surface area (Å²) in [6.45, 7) is 0.211. The van der Waals surface area contributed by atoms with Crippen LogP contribution in [0, 0.1) is 17.1 Å². The van der Waals surface area contributed by atoms with Crippen LogP contribution in [-0.4, -0.2) is 27.1 Å². The molecule has 1 amide bonds. The molecule has 0 atom stereocenters. The van der Waals surface area contributed by atoms with E-state index < -0.39 is 5.91 Å². The molecule has 0 unspecified atom stereocenters. The first-order valence-corrected chi connectivity index (χ1v) is 11.1. The van der Waals surface area contributed by atoms with Gasteiger partial charge in [0.15, 0.2) is 11.5 Å². The maximum atomic E-state index is 13.1. The molecule has 0 radical (unpaired) electrons. The molecule has 34 heavy (non-hydrogen) atoms. The molecule has 0 saturated heterocycles. The average Bonchev–Trinajstić information content (AvgIpc) is 2.82. The number of anilines is 2. The molecule has 0 spiro atoms. The number of nitrogens with zero attached hydrogens (tertiary/aromatic N) is 2. The summed E-state index contributed by atoms with van der Waals surface area (Å²) in [6.07, 6.45) is 1.47. The summed E-state index contributed by atoms with van der Waals surface area (Å²) >= 11 is 3.46. The summed E-state index contributed by atoms with van der Waals surface area (Å²) < 4.78 is 25.0. The molecule has 6 nitrogen and oxygen atoms in total. The number of ether oxygens (including phenoxy) is 2. The lowest BCUT2D eigenvalue weighted by Gasteiger charge is -2.14. The van der Waals surface area contributed by atoms with Crippen LogP contribution in [0.5, 0.6) is 11.5 Å². The molecule has 0 aliphatic heterocycles. The Bertz CT molecular complexity index is 1230. The number of rotatable bonds is 8. The molecule has 0 aliphatic rings. The second-order valence-corrected chi connectivity index (χ2v) is 8.37. The highest BCUT2D eigenvalue weighted by Crippen LogP contribution is 2.37. The van der Waals surface area contributed by atoms with Gasteiger partial charge in [-0.15, -0.1) is 0 Å². The van der Waals surface area contributed by atoms with Crippen LogP contribution in [0.2, 0.25) is 0 Å². The molecule has 0 fully saturated rings. The lowest BCUT2D eigenvalue weighted by Crippen LogP contribution is -2.14. The number of carbonyl (C=O) groups excluding carboxylic acids is 1. The second kappa shape index (κ2) is 11.3. The van der Waals surface area contributed by atoms with E-state index in [2.05, 4.69) is 21.2 Å². The summed E-state index contributed by atoms with van der Waals surface area (Å²) in [5.41, 5.74) is 2.88. The Labute approximate surface area is 206 Å². The monoisotopic (exact) mass is 523 g/mol. The van der Waals surface area contributed by atoms with E-state index in [1.54, 1.807) is 36.4 Å². The number of hydrogen-bond donors (Lipinski definition) is 1. The fourth-order valence-corrected chi connectivity index (χ4v) is 3.63. The molecule has 3 rings (SSSR count). The van der Waals surface area contributed by atoms with E-state index >= 15 is 0 Å². The molecule has 3 aromatic carbocycles. The van der Waals surface area contributed by atoms with Gasteiger partial charge in [-0.1, -0.05) is 12.1 Å². The highest BCUT2D eigenvalue weighted by molar-refractivity contribution is 9.10. The number of amides is 1. The van der Waals surface area contributed by atoms with Crippen molar-refractivity contribution >= 4 is 39.3 Å². The van der Waals surface area contributed by atoms with E-state index in [1.807, 2.05) is 37.2 Å². The fourth-order valence-electron chi connectivity index (χ4n) is 3.06. The summed E-state index contributed by atoms with van der Waals surface area (Å²) in [7, 11) is 5.35. The van der Waals surface area contributed by atoms with E-state index in [0.29, 0.717) is 27.2 Å². The largest absolute Gasteiger partial charge is 0.493 e. The number of methoxy groups -OCH3 is 1. The average molecular weight is 524 g/mol. The standard InChI is InChI=1S/C26H23BrFN3O3/c1-31(2)22-10-8-21(9-11-22)30-26(32)19(15-29)12-18-13-23(27)25(24(14-18)33-3)34-16-17-4-6-20(28)7-5-17/h4-14H,16H2,1-3H3,(H,30,32)/b19-12-. The molecule has 174 valence electrons. The zero-order valence-corrected chi connectivity index (χ0v) is 20.5. The Morgan fingerprint density at radius 3 is 2.41 bits per heavy atom. The van der Waals surface area contributed by atoms with Gasteiger partial charge >= 0.3 is 0 Å². The van der Waals surface area contributed by atoms with Crippen molar-refractivity contribution in [3.63, 3.8) is 0 Å². The predicted molar refractivity (Wildman–Crippen MR) is 134 cm³/mol. The molecule has 0 aromatic heterocycles. The molecule has 0 saturated carbocycles. The van der Waals surface area contributed by atoms with E-state index in [9.17, 15) is 14.4 Å². The quantitative estimate of drug-likeness (QED) is 0.299. The molecule has 0 heterocycles. The first-order chi connectivity index (χ1) is 16.3. The molecule has 3 aromatic rings. The second-order valence-electron chi connectivity index (χ2n) is 7.51. The van der Waals surface area contributed by atoms with Gasteiger partial charge in [0, 0.05) is 25.5 Å². The van der Waals surface area contributed by atoms with Crippen molar-refractivity contribution in [1.29, 1.82) is 5.26 Å². The minimum absolute atomic E-state index is 0.0642. The van der Waals surface area contributed by atoms with Gasteiger partial charge in [-0.3, -0.25) is 4.79 Å². The van der Waals surface area contributed by atoms with E-state index in [0.717, 1.165) is 11.3 Å². The van der Waals surface area contributed by atoms with Crippen molar-refractivity contribution in [2.24, 2.45) is 0 Å². The Morgan fingerprint density at radius 1 is 1.15 bits per heavy atom. The SMILES string of the molecule is COc1cc(/C=C(/C#N)C(=O)Nc2ccc(N(C)C)cc2)cc(Br)c1OCc1ccc(F)cc1. The third-order valence-corrected chi connectivity index (χ3v) is 5.45. The van der Waals surface area contributed by atoms with Crippen molar-refractivity contribution in [3.05, 3.63) is 87.7 Å². The summed E-state index contributed by atoms with van der Waals surface area (Å²) in [6, 6.07) is 18.6. The summed E-state index contributed by atoms with van der Waals surface area (Å²) in [4.78, 5) is 14.6. The highest BCUT2D eigenvalue weighted by atomic mass is 79.9. The van der Waals surface area contributed by atoms with Gasteiger partial charge in [0.25, 0.3) is 5.91 Å². The molecule has 0 aliphatic carbocycles. The Kier molecular flexibility index (Phi) is 8.28. The zero-order chi connectivity index (χ0) is 24.7. The van der Waals surface area contributed by atoms with Crippen LogP contribution in [0.15, 0.2) is 70.7 Å².